The maximum absolute atomic E-state index is 12.5. The van der Waals surface area contributed by atoms with Crippen molar-refractivity contribution in [2.45, 2.75) is 65.3 Å². The predicted octanol–water partition coefficient (Wildman–Crippen LogP) is 3.19. The number of amides is 1. The molecular weight excluding hydrogens is 330 g/mol. The van der Waals surface area contributed by atoms with Crippen molar-refractivity contribution < 1.29 is 14.3 Å². The molecule has 26 heavy (non-hydrogen) atoms. The van der Waals surface area contributed by atoms with Gasteiger partial charge < -0.3 is 19.9 Å². The molecule has 2 N–H and O–H groups in total. The first-order valence-electron chi connectivity index (χ1n) is 9.80. The number of carbonyl (C=O) groups excluding carboxylic acids is 2. The molecule has 1 aromatic rings. The van der Waals surface area contributed by atoms with Gasteiger partial charge in [-0.05, 0) is 59.2 Å². The Morgan fingerprint density at radius 1 is 1.23 bits per heavy atom. The molecule has 0 saturated heterocycles. The van der Waals surface area contributed by atoms with E-state index in [9.17, 15) is 9.59 Å². The van der Waals surface area contributed by atoms with E-state index in [-0.39, 0.29) is 5.91 Å². The second kappa shape index (κ2) is 9.76. The van der Waals surface area contributed by atoms with E-state index in [0.29, 0.717) is 41.7 Å². The van der Waals surface area contributed by atoms with E-state index in [2.05, 4.69) is 22.2 Å². The standard InChI is InChI=1S/C20H33N3O3/c1-5-26-20(25)18-14(2)17(15(3)22-18)19(24)21-12-9-13-23(4)16-10-7-6-8-11-16/h16,22H,5-13H2,1-4H3,(H,21,24). The molecule has 1 heterocycles. The Balaban J connectivity index is 1.83. The van der Waals surface area contributed by atoms with Crippen LogP contribution in [-0.2, 0) is 4.74 Å². The predicted molar refractivity (Wildman–Crippen MR) is 103 cm³/mol. The summed E-state index contributed by atoms with van der Waals surface area (Å²) in [4.78, 5) is 29.9. The number of carbonyl (C=O) groups is 2. The molecule has 0 unspecified atom stereocenters. The minimum Gasteiger partial charge on any atom is -0.461 e. The molecule has 6 nitrogen and oxygen atoms in total. The van der Waals surface area contributed by atoms with Gasteiger partial charge in [0.25, 0.3) is 5.91 Å². The minimum atomic E-state index is -0.416. The molecule has 1 saturated carbocycles. The van der Waals surface area contributed by atoms with Crippen LogP contribution in [0.5, 0.6) is 0 Å². The summed E-state index contributed by atoms with van der Waals surface area (Å²) in [5, 5.41) is 2.99. The lowest BCUT2D eigenvalue weighted by Gasteiger charge is -2.31. The normalized spacial score (nSPS) is 15.3. The highest BCUT2D eigenvalue weighted by Gasteiger charge is 2.22. The van der Waals surface area contributed by atoms with Gasteiger partial charge in [-0.15, -0.1) is 0 Å². The van der Waals surface area contributed by atoms with Crippen molar-refractivity contribution in [3.63, 3.8) is 0 Å². The van der Waals surface area contributed by atoms with Crippen LogP contribution in [0.3, 0.4) is 0 Å². The maximum Gasteiger partial charge on any atom is 0.355 e. The quantitative estimate of drug-likeness (QED) is 0.549. The highest BCUT2D eigenvalue weighted by molar-refractivity contribution is 6.01. The average molecular weight is 364 g/mol. The summed E-state index contributed by atoms with van der Waals surface area (Å²) in [6, 6.07) is 0.695. The number of aryl methyl sites for hydroxylation is 1. The zero-order chi connectivity index (χ0) is 19.1. The van der Waals surface area contributed by atoms with E-state index in [1.807, 2.05) is 6.92 Å². The fraction of sp³-hybridized carbons (Fsp3) is 0.700. The van der Waals surface area contributed by atoms with Crippen molar-refractivity contribution in [3.05, 3.63) is 22.5 Å². The Morgan fingerprint density at radius 3 is 2.58 bits per heavy atom. The van der Waals surface area contributed by atoms with Gasteiger partial charge in [-0.25, -0.2) is 4.79 Å². The number of aromatic amines is 1. The number of hydrogen-bond acceptors (Lipinski definition) is 4. The van der Waals surface area contributed by atoms with Gasteiger partial charge >= 0.3 is 5.97 Å². The SMILES string of the molecule is CCOC(=O)c1[nH]c(C)c(C(=O)NCCCN(C)C2CCCCC2)c1C. The summed E-state index contributed by atoms with van der Waals surface area (Å²) in [5.41, 5.74) is 2.26. The summed E-state index contributed by atoms with van der Waals surface area (Å²) in [5.74, 6) is -0.548. The van der Waals surface area contributed by atoms with Crippen molar-refractivity contribution >= 4 is 11.9 Å². The molecule has 146 valence electrons. The van der Waals surface area contributed by atoms with Crippen LogP contribution >= 0.6 is 0 Å². The Kier molecular flexibility index (Phi) is 7.69. The third-order valence-corrected chi connectivity index (χ3v) is 5.32. The third-order valence-electron chi connectivity index (χ3n) is 5.32. The molecule has 0 spiro atoms. The Hall–Kier alpha value is -1.82. The first-order valence-corrected chi connectivity index (χ1v) is 9.80. The van der Waals surface area contributed by atoms with Gasteiger partial charge in [-0.1, -0.05) is 19.3 Å². The van der Waals surface area contributed by atoms with E-state index in [4.69, 9.17) is 4.74 Å². The largest absolute Gasteiger partial charge is 0.461 e. The molecule has 0 bridgehead atoms. The van der Waals surface area contributed by atoms with Crippen LogP contribution in [0.15, 0.2) is 0 Å². The number of nitrogens with one attached hydrogen (secondary N) is 2. The molecule has 1 aliphatic rings. The number of ether oxygens (including phenoxy) is 1. The van der Waals surface area contributed by atoms with Gasteiger partial charge in [0.2, 0.25) is 0 Å². The maximum atomic E-state index is 12.5. The molecular formula is C20H33N3O3. The van der Waals surface area contributed by atoms with E-state index >= 15 is 0 Å². The molecule has 1 aromatic heterocycles. The lowest BCUT2D eigenvalue weighted by molar-refractivity contribution is 0.0519. The van der Waals surface area contributed by atoms with Crippen molar-refractivity contribution in [1.29, 1.82) is 0 Å². The van der Waals surface area contributed by atoms with E-state index in [1.165, 1.54) is 32.1 Å². The molecule has 1 fully saturated rings. The highest BCUT2D eigenvalue weighted by Crippen LogP contribution is 2.21. The number of H-pyrrole nitrogens is 1. The minimum absolute atomic E-state index is 0.132. The molecule has 2 rings (SSSR count). The summed E-state index contributed by atoms with van der Waals surface area (Å²) in [6.07, 6.45) is 7.54. The Labute approximate surface area is 156 Å². The number of aromatic nitrogens is 1. The highest BCUT2D eigenvalue weighted by atomic mass is 16.5. The van der Waals surface area contributed by atoms with Crippen molar-refractivity contribution in [3.8, 4) is 0 Å². The number of hydrogen-bond donors (Lipinski definition) is 2. The summed E-state index contributed by atoms with van der Waals surface area (Å²) in [6.45, 7) is 7.29. The lowest BCUT2D eigenvalue weighted by Crippen LogP contribution is -2.36. The van der Waals surface area contributed by atoms with Crippen molar-refractivity contribution in [2.75, 3.05) is 26.7 Å². The molecule has 0 radical (unpaired) electrons. The summed E-state index contributed by atoms with van der Waals surface area (Å²) in [7, 11) is 2.18. The fourth-order valence-electron chi connectivity index (χ4n) is 3.82. The van der Waals surface area contributed by atoms with Gasteiger partial charge in [0.1, 0.15) is 5.69 Å². The van der Waals surface area contributed by atoms with Gasteiger partial charge in [0, 0.05) is 18.3 Å². The second-order valence-corrected chi connectivity index (χ2v) is 7.23. The first kappa shape index (κ1) is 20.5. The Morgan fingerprint density at radius 2 is 1.92 bits per heavy atom. The van der Waals surface area contributed by atoms with Gasteiger partial charge in [-0.3, -0.25) is 4.79 Å². The van der Waals surface area contributed by atoms with Crippen LogP contribution in [0.25, 0.3) is 0 Å². The van der Waals surface area contributed by atoms with Crippen LogP contribution < -0.4 is 5.32 Å². The molecule has 0 aliphatic heterocycles. The van der Waals surface area contributed by atoms with Crippen LogP contribution in [0.1, 0.15) is 77.6 Å². The fourth-order valence-corrected chi connectivity index (χ4v) is 3.82. The van der Waals surface area contributed by atoms with Crippen molar-refractivity contribution in [2.24, 2.45) is 0 Å². The van der Waals surface area contributed by atoms with Crippen LogP contribution in [0.4, 0.5) is 0 Å². The zero-order valence-corrected chi connectivity index (χ0v) is 16.6. The Bertz CT molecular complexity index is 618. The lowest BCUT2D eigenvalue weighted by atomic mass is 9.94. The molecule has 0 aromatic carbocycles. The smallest absolute Gasteiger partial charge is 0.355 e. The van der Waals surface area contributed by atoms with Gasteiger partial charge in [-0.2, -0.15) is 0 Å². The average Bonchev–Trinajstić information content (AvgIpc) is 2.94. The topological polar surface area (TPSA) is 74.4 Å². The molecule has 6 heteroatoms. The monoisotopic (exact) mass is 363 g/mol. The van der Waals surface area contributed by atoms with E-state index in [1.54, 1.807) is 13.8 Å². The van der Waals surface area contributed by atoms with Gasteiger partial charge in [0.15, 0.2) is 0 Å². The summed E-state index contributed by atoms with van der Waals surface area (Å²) < 4.78 is 5.03. The molecule has 1 amide bonds. The number of nitrogens with zero attached hydrogens (tertiary/aromatic N) is 1. The van der Waals surface area contributed by atoms with Crippen LogP contribution in [0, 0.1) is 13.8 Å². The molecule has 1 aliphatic carbocycles. The molecule has 0 atom stereocenters. The van der Waals surface area contributed by atoms with E-state index < -0.39 is 5.97 Å². The van der Waals surface area contributed by atoms with Crippen molar-refractivity contribution in [1.82, 2.24) is 15.2 Å². The first-order chi connectivity index (χ1) is 12.5. The second-order valence-electron chi connectivity index (χ2n) is 7.23. The van der Waals surface area contributed by atoms with Crippen LogP contribution in [0.2, 0.25) is 0 Å². The zero-order valence-electron chi connectivity index (χ0n) is 16.6. The third kappa shape index (κ3) is 5.10. The number of esters is 1. The summed E-state index contributed by atoms with van der Waals surface area (Å²) >= 11 is 0. The van der Waals surface area contributed by atoms with E-state index in [0.717, 1.165) is 13.0 Å². The van der Waals surface area contributed by atoms with Crippen LogP contribution in [-0.4, -0.2) is 54.5 Å². The van der Waals surface area contributed by atoms with Gasteiger partial charge in [0.05, 0.1) is 12.2 Å². The number of rotatable bonds is 8.